The lowest BCUT2D eigenvalue weighted by Crippen LogP contribution is -2.38. The lowest BCUT2D eigenvalue weighted by atomic mass is 10.1. The van der Waals surface area contributed by atoms with Crippen LogP contribution in [0.5, 0.6) is 0 Å². The van der Waals surface area contributed by atoms with Crippen LogP contribution in [0.4, 0.5) is 4.39 Å². The monoisotopic (exact) mass is 267 g/mol. The van der Waals surface area contributed by atoms with Gasteiger partial charge in [0, 0.05) is 13.1 Å². The summed E-state index contributed by atoms with van der Waals surface area (Å²) in [7, 11) is 0. The Morgan fingerprint density at radius 2 is 1.89 bits per heavy atom. The van der Waals surface area contributed by atoms with E-state index in [9.17, 15) is 9.18 Å². The van der Waals surface area contributed by atoms with Crippen molar-refractivity contribution in [3.63, 3.8) is 0 Å². The normalized spacial score (nSPS) is 12.6. The molecule has 4 nitrogen and oxygen atoms in total. The number of hydrogen-bond acceptors (Lipinski definition) is 3. The molecule has 0 radical (unpaired) electrons. The molecule has 0 bridgehead atoms. The van der Waals surface area contributed by atoms with Gasteiger partial charge in [-0.25, -0.2) is 4.39 Å². The molecule has 19 heavy (non-hydrogen) atoms. The number of halogens is 1. The minimum atomic E-state index is -0.573. The Hall–Kier alpha value is -1.46. The Morgan fingerprint density at radius 3 is 2.37 bits per heavy atom. The first kappa shape index (κ1) is 15.6. The van der Waals surface area contributed by atoms with E-state index in [1.807, 2.05) is 0 Å². The first-order valence-corrected chi connectivity index (χ1v) is 6.59. The molecule has 0 aliphatic heterocycles. The quantitative estimate of drug-likeness (QED) is 0.746. The molecule has 0 aliphatic carbocycles. The van der Waals surface area contributed by atoms with Gasteiger partial charge in [0.15, 0.2) is 0 Å². The standard InChI is InChI=1S/C14H22FN3O/c1-3-18(4-2)10-9-17-13(14(16)19)11-5-7-12(15)8-6-11/h5-8,13,17H,3-4,9-10H2,1-2H3,(H2,16,19). The van der Waals surface area contributed by atoms with Gasteiger partial charge in [-0.05, 0) is 30.8 Å². The van der Waals surface area contributed by atoms with Gasteiger partial charge in [0.25, 0.3) is 0 Å². The van der Waals surface area contributed by atoms with Crippen molar-refractivity contribution in [3.05, 3.63) is 35.6 Å². The van der Waals surface area contributed by atoms with Crippen LogP contribution in [0, 0.1) is 5.82 Å². The van der Waals surface area contributed by atoms with Crippen LogP contribution in [0.15, 0.2) is 24.3 Å². The van der Waals surface area contributed by atoms with Crippen molar-refractivity contribution in [1.29, 1.82) is 0 Å². The number of carbonyl (C=O) groups is 1. The fourth-order valence-corrected chi connectivity index (χ4v) is 1.94. The van der Waals surface area contributed by atoms with E-state index in [0.29, 0.717) is 12.1 Å². The number of rotatable bonds is 8. The zero-order valence-corrected chi connectivity index (χ0v) is 11.5. The highest BCUT2D eigenvalue weighted by molar-refractivity contribution is 5.81. The average molecular weight is 267 g/mol. The molecule has 1 unspecified atom stereocenters. The molecule has 1 aromatic rings. The van der Waals surface area contributed by atoms with Crippen molar-refractivity contribution in [2.75, 3.05) is 26.2 Å². The van der Waals surface area contributed by atoms with Crippen molar-refractivity contribution >= 4 is 5.91 Å². The number of amides is 1. The lowest BCUT2D eigenvalue weighted by Gasteiger charge is -2.21. The lowest BCUT2D eigenvalue weighted by molar-refractivity contribution is -0.120. The molecule has 1 aromatic carbocycles. The summed E-state index contributed by atoms with van der Waals surface area (Å²) < 4.78 is 12.9. The number of likely N-dealkylation sites (N-methyl/N-ethyl adjacent to an activating group) is 1. The van der Waals surface area contributed by atoms with Crippen LogP contribution in [0.25, 0.3) is 0 Å². The third-order valence-electron chi connectivity index (χ3n) is 3.16. The van der Waals surface area contributed by atoms with Gasteiger partial charge in [-0.3, -0.25) is 4.79 Å². The van der Waals surface area contributed by atoms with Crippen molar-refractivity contribution < 1.29 is 9.18 Å². The zero-order chi connectivity index (χ0) is 14.3. The number of carbonyl (C=O) groups excluding carboxylic acids is 1. The molecule has 0 heterocycles. The zero-order valence-electron chi connectivity index (χ0n) is 11.5. The molecule has 5 heteroatoms. The average Bonchev–Trinajstić information content (AvgIpc) is 2.40. The van der Waals surface area contributed by atoms with E-state index >= 15 is 0 Å². The molecule has 0 fully saturated rings. The molecule has 0 saturated carbocycles. The molecule has 0 aliphatic rings. The second-order valence-electron chi connectivity index (χ2n) is 4.37. The van der Waals surface area contributed by atoms with Crippen LogP contribution >= 0.6 is 0 Å². The first-order valence-electron chi connectivity index (χ1n) is 6.59. The molecule has 3 N–H and O–H groups in total. The van der Waals surface area contributed by atoms with Crippen molar-refractivity contribution in [1.82, 2.24) is 10.2 Å². The fraction of sp³-hybridized carbons (Fsp3) is 0.500. The third kappa shape index (κ3) is 4.96. The van der Waals surface area contributed by atoms with E-state index in [-0.39, 0.29) is 5.82 Å². The number of hydrogen-bond donors (Lipinski definition) is 2. The third-order valence-corrected chi connectivity index (χ3v) is 3.16. The van der Waals surface area contributed by atoms with E-state index in [0.717, 1.165) is 19.6 Å². The van der Waals surface area contributed by atoms with Crippen molar-refractivity contribution in [3.8, 4) is 0 Å². The van der Waals surface area contributed by atoms with Gasteiger partial charge in [-0.15, -0.1) is 0 Å². The minimum Gasteiger partial charge on any atom is -0.368 e. The largest absolute Gasteiger partial charge is 0.368 e. The summed E-state index contributed by atoms with van der Waals surface area (Å²) in [6, 6.07) is 5.25. The van der Waals surface area contributed by atoms with Crippen LogP contribution in [0.3, 0.4) is 0 Å². The van der Waals surface area contributed by atoms with Crippen molar-refractivity contribution in [2.24, 2.45) is 5.73 Å². The van der Waals surface area contributed by atoms with Gasteiger partial charge >= 0.3 is 0 Å². The highest BCUT2D eigenvalue weighted by atomic mass is 19.1. The second kappa shape index (κ2) is 7.86. The highest BCUT2D eigenvalue weighted by Crippen LogP contribution is 2.13. The number of nitrogens with one attached hydrogen (secondary N) is 1. The number of nitrogens with two attached hydrogens (primary N) is 1. The van der Waals surface area contributed by atoms with E-state index in [4.69, 9.17) is 5.73 Å². The summed E-state index contributed by atoms with van der Waals surface area (Å²) in [6.07, 6.45) is 0. The van der Waals surface area contributed by atoms with Crippen LogP contribution in [0.2, 0.25) is 0 Å². The summed E-state index contributed by atoms with van der Waals surface area (Å²) in [5, 5.41) is 3.12. The minimum absolute atomic E-state index is 0.324. The van der Waals surface area contributed by atoms with E-state index in [1.165, 1.54) is 12.1 Å². The second-order valence-corrected chi connectivity index (χ2v) is 4.37. The van der Waals surface area contributed by atoms with Gasteiger partial charge < -0.3 is 16.0 Å². The molecule has 1 amide bonds. The molecule has 0 saturated heterocycles. The number of benzene rings is 1. The molecule has 0 spiro atoms. The molecular formula is C14H22FN3O. The number of primary amides is 1. The van der Waals surface area contributed by atoms with Crippen LogP contribution in [0.1, 0.15) is 25.5 Å². The maximum absolute atomic E-state index is 12.9. The van der Waals surface area contributed by atoms with E-state index < -0.39 is 11.9 Å². The van der Waals surface area contributed by atoms with Crippen LogP contribution in [-0.4, -0.2) is 37.0 Å². The van der Waals surface area contributed by atoms with E-state index in [1.54, 1.807) is 12.1 Å². The molecule has 0 aromatic heterocycles. The first-order chi connectivity index (χ1) is 9.08. The van der Waals surface area contributed by atoms with Gasteiger partial charge in [0.2, 0.25) is 5.91 Å². The maximum Gasteiger partial charge on any atom is 0.239 e. The topological polar surface area (TPSA) is 58.4 Å². The Labute approximate surface area is 113 Å². The Morgan fingerprint density at radius 1 is 1.32 bits per heavy atom. The summed E-state index contributed by atoms with van der Waals surface area (Å²) in [6.45, 7) is 7.63. The van der Waals surface area contributed by atoms with E-state index in [2.05, 4.69) is 24.1 Å². The smallest absolute Gasteiger partial charge is 0.239 e. The summed E-state index contributed by atoms with van der Waals surface area (Å²) in [5.74, 6) is -0.777. The fourth-order valence-electron chi connectivity index (χ4n) is 1.94. The Kier molecular flexibility index (Phi) is 6.45. The van der Waals surface area contributed by atoms with Gasteiger partial charge in [0.05, 0.1) is 0 Å². The van der Waals surface area contributed by atoms with Gasteiger partial charge in [-0.2, -0.15) is 0 Å². The predicted octanol–water partition coefficient (Wildman–Crippen LogP) is 1.28. The Balaban J connectivity index is 2.59. The number of nitrogens with zero attached hydrogens (tertiary/aromatic N) is 1. The molecule has 106 valence electrons. The summed E-state index contributed by atoms with van der Waals surface area (Å²) in [4.78, 5) is 13.7. The summed E-state index contributed by atoms with van der Waals surface area (Å²) in [5.41, 5.74) is 6.07. The maximum atomic E-state index is 12.9. The highest BCUT2D eigenvalue weighted by Gasteiger charge is 2.17. The summed E-state index contributed by atoms with van der Waals surface area (Å²) >= 11 is 0. The van der Waals surface area contributed by atoms with Crippen molar-refractivity contribution in [2.45, 2.75) is 19.9 Å². The molecule has 1 rings (SSSR count). The predicted molar refractivity (Wildman–Crippen MR) is 74.1 cm³/mol. The van der Waals surface area contributed by atoms with Gasteiger partial charge in [0.1, 0.15) is 11.9 Å². The SMILES string of the molecule is CCN(CC)CCNC(C(N)=O)c1ccc(F)cc1. The Bertz CT molecular complexity index is 390. The van der Waals surface area contributed by atoms with Crippen LogP contribution < -0.4 is 11.1 Å². The molecule has 1 atom stereocenters. The van der Waals surface area contributed by atoms with Gasteiger partial charge in [-0.1, -0.05) is 26.0 Å². The molecular weight excluding hydrogens is 245 g/mol. The van der Waals surface area contributed by atoms with Crippen LogP contribution in [-0.2, 0) is 4.79 Å².